The molecule has 0 bridgehead atoms. The molecule has 0 amide bonds. The third-order valence-electron chi connectivity index (χ3n) is 15.0. The molecule has 2 heterocycles. The number of carbonyl (C=O) groups excluding carboxylic acids is 2. The number of hydrogen-bond acceptors (Lipinski definition) is 12. The number of aromatic hydroxyl groups is 2. The molecule has 386 valence electrons. The van der Waals surface area contributed by atoms with Crippen molar-refractivity contribution >= 4 is 50.1 Å². The van der Waals surface area contributed by atoms with Gasteiger partial charge in [0.15, 0.2) is 16.6 Å². The van der Waals surface area contributed by atoms with Crippen LogP contribution in [0.1, 0.15) is 155 Å². The number of cyclic esters (lactones) is 2. The van der Waals surface area contributed by atoms with Gasteiger partial charge in [-0.1, -0.05) is 83.1 Å². The van der Waals surface area contributed by atoms with Crippen molar-refractivity contribution in [2.24, 2.45) is 0 Å². The smallest absolute Gasteiger partial charge is 0.342 e. The van der Waals surface area contributed by atoms with Crippen molar-refractivity contribution in [2.75, 3.05) is 27.4 Å². The van der Waals surface area contributed by atoms with Crippen LogP contribution in [0.25, 0.3) is 32.7 Å². The van der Waals surface area contributed by atoms with Crippen LogP contribution in [-0.4, -0.2) is 90.6 Å². The normalized spacial score (nSPS) is 16.7. The van der Waals surface area contributed by atoms with Gasteiger partial charge in [0.2, 0.25) is 0 Å². The molecule has 0 aliphatic carbocycles. The molecule has 2 aliphatic rings. The molecule has 2 aliphatic heterocycles. The highest BCUT2D eigenvalue weighted by Crippen LogP contribution is 2.55. The number of carbonyl (C=O) groups is 2. The van der Waals surface area contributed by atoms with Crippen LogP contribution in [0.15, 0.2) is 24.3 Å². The molecule has 4 aromatic carbocycles. The third-order valence-corrected chi connectivity index (χ3v) is 27.3. The second-order valence-corrected chi connectivity index (χ2v) is 32.9. The Balaban J connectivity index is 1.55. The van der Waals surface area contributed by atoms with Gasteiger partial charge in [-0.15, -0.1) is 0 Å². The van der Waals surface area contributed by atoms with Crippen LogP contribution in [0.5, 0.6) is 34.5 Å². The number of rotatable bonds is 21. The van der Waals surface area contributed by atoms with E-state index in [4.69, 9.17) is 37.3 Å². The predicted octanol–water partition coefficient (Wildman–Crippen LogP) is 14.0. The number of benzene rings is 4. The summed E-state index contributed by atoms with van der Waals surface area (Å²) in [5.41, 5.74) is 4.83. The van der Waals surface area contributed by atoms with Crippen LogP contribution in [-0.2, 0) is 31.2 Å². The summed E-state index contributed by atoms with van der Waals surface area (Å²) in [5.74, 6) is -0.352. The van der Waals surface area contributed by atoms with Crippen molar-refractivity contribution in [2.45, 2.75) is 194 Å². The first-order valence-electron chi connectivity index (χ1n) is 25.7. The molecule has 12 nitrogen and oxygen atoms in total. The Bertz CT molecular complexity index is 2340. The summed E-state index contributed by atoms with van der Waals surface area (Å²) < 4.78 is 51.2. The highest BCUT2D eigenvalue weighted by Gasteiger charge is 2.47. The van der Waals surface area contributed by atoms with E-state index >= 15 is 0 Å². The zero-order valence-electron chi connectivity index (χ0n) is 45.3. The molecule has 0 fully saturated rings. The van der Waals surface area contributed by atoms with Crippen LogP contribution in [0.2, 0.25) is 33.2 Å². The first-order valence-corrected chi connectivity index (χ1v) is 30.0. The maximum atomic E-state index is 14.2. The van der Waals surface area contributed by atoms with E-state index in [0.29, 0.717) is 105 Å². The van der Waals surface area contributed by atoms with E-state index in [1.807, 2.05) is 39.8 Å². The molecule has 14 heteroatoms. The summed E-state index contributed by atoms with van der Waals surface area (Å²) in [7, 11) is -1.37. The van der Waals surface area contributed by atoms with Gasteiger partial charge in [0, 0.05) is 72.9 Å². The lowest BCUT2D eigenvalue weighted by molar-refractivity contribution is 0.0186. The number of ether oxygens (including phenoxy) is 6. The highest BCUT2D eigenvalue weighted by atomic mass is 28.4. The molecule has 0 saturated heterocycles. The van der Waals surface area contributed by atoms with Gasteiger partial charge < -0.3 is 47.5 Å². The Morgan fingerprint density at radius 3 is 1.10 bits per heavy atom. The molecule has 0 saturated carbocycles. The van der Waals surface area contributed by atoms with Crippen molar-refractivity contribution in [3.05, 3.63) is 46.5 Å². The molecule has 0 spiro atoms. The Morgan fingerprint density at radius 1 is 0.514 bits per heavy atom. The van der Waals surface area contributed by atoms with Gasteiger partial charge >= 0.3 is 11.9 Å². The summed E-state index contributed by atoms with van der Waals surface area (Å²) >= 11 is 0. The minimum atomic E-state index is -2.19. The molecular weight excluding hydrogens is 921 g/mol. The second kappa shape index (κ2) is 21.7. The lowest BCUT2D eigenvalue weighted by atomic mass is 9.85. The molecule has 4 aromatic rings. The quantitative estimate of drug-likeness (QED) is 0.0604. The first kappa shape index (κ1) is 54.8. The number of hydrogen-bond donors (Lipinski definition) is 2. The molecule has 2 N–H and O–H groups in total. The first-order chi connectivity index (χ1) is 32.9. The van der Waals surface area contributed by atoms with Gasteiger partial charge in [-0.25, -0.2) is 9.59 Å². The van der Waals surface area contributed by atoms with Crippen LogP contribution in [0.4, 0.5) is 0 Å². The summed E-state index contributed by atoms with van der Waals surface area (Å²) in [6.07, 6.45) is 0.122. The van der Waals surface area contributed by atoms with Gasteiger partial charge in [-0.2, -0.15) is 0 Å². The van der Waals surface area contributed by atoms with Crippen molar-refractivity contribution < 1.29 is 57.1 Å². The molecule has 0 radical (unpaired) electrons. The zero-order valence-corrected chi connectivity index (χ0v) is 47.3. The zero-order chi connectivity index (χ0) is 51.9. The topological polar surface area (TPSA) is 148 Å². The minimum Gasteiger partial charge on any atom is -0.507 e. The van der Waals surface area contributed by atoms with Crippen LogP contribution < -0.4 is 18.9 Å². The highest BCUT2D eigenvalue weighted by molar-refractivity contribution is 6.78. The maximum Gasteiger partial charge on any atom is 0.342 e. The summed E-state index contributed by atoms with van der Waals surface area (Å²) in [6.45, 7) is 35.4. The van der Waals surface area contributed by atoms with E-state index in [0.717, 1.165) is 0 Å². The van der Waals surface area contributed by atoms with Crippen molar-refractivity contribution in [1.82, 2.24) is 0 Å². The van der Waals surface area contributed by atoms with E-state index < -0.39 is 40.8 Å². The third kappa shape index (κ3) is 10.00. The lowest BCUT2D eigenvalue weighted by Crippen LogP contribution is -2.48. The molecular formula is C56H82O12Si2. The lowest BCUT2D eigenvalue weighted by Gasteiger charge is -2.42. The van der Waals surface area contributed by atoms with Crippen LogP contribution in [0, 0.1) is 0 Å². The van der Waals surface area contributed by atoms with Crippen molar-refractivity contribution in [3.63, 3.8) is 0 Å². The second-order valence-electron chi connectivity index (χ2n) is 22.0. The maximum absolute atomic E-state index is 14.2. The van der Waals surface area contributed by atoms with Crippen molar-refractivity contribution in [3.8, 4) is 45.6 Å². The number of phenols is 2. The SMILES string of the molecule is COc1c2c(cc3c(-c4c(O)cc(OC(C)C)c5c(OC)c6c(cc45)C[C@@H](CCO[Si](C(C)C)(C(C)C)C(C)C)OC6=O)c(O)cc(OC(C)C)c13)C[C@@H](CCO[Si](C(C)C)(C(C)C)C(C)C)OC2=O. The fourth-order valence-electron chi connectivity index (χ4n) is 12.6. The Hall–Kier alpha value is -4.51. The fraction of sp³-hybridized carbons (Fsp3) is 0.607. The minimum absolute atomic E-state index is 0.181. The number of fused-ring (bicyclic) bond motifs is 4. The molecule has 0 unspecified atom stereocenters. The largest absolute Gasteiger partial charge is 0.507 e. The average Bonchev–Trinajstić information content (AvgIpc) is 3.24. The number of methoxy groups -OCH3 is 2. The van der Waals surface area contributed by atoms with Crippen molar-refractivity contribution in [1.29, 1.82) is 0 Å². The van der Waals surface area contributed by atoms with E-state index in [-0.39, 0.29) is 69.0 Å². The molecule has 6 rings (SSSR count). The van der Waals surface area contributed by atoms with E-state index in [2.05, 4.69) is 83.1 Å². The summed E-state index contributed by atoms with van der Waals surface area (Å²) in [5, 5.41) is 26.6. The number of esters is 2. The van der Waals surface area contributed by atoms with E-state index in [1.165, 1.54) is 26.4 Å². The van der Waals surface area contributed by atoms with Gasteiger partial charge in [-0.3, -0.25) is 0 Å². The van der Waals surface area contributed by atoms with Crippen LogP contribution >= 0.6 is 0 Å². The molecule has 0 aromatic heterocycles. The fourth-order valence-corrected chi connectivity index (χ4v) is 23.5. The van der Waals surface area contributed by atoms with Gasteiger partial charge in [0.25, 0.3) is 0 Å². The monoisotopic (exact) mass is 1000 g/mol. The Kier molecular flexibility index (Phi) is 17.0. The Labute approximate surface area is 419 Å². The van der Waals surface area contributed by atoms with E-state index in [9.17, 15) is 19.8 Å². The average molecular weight is 1000 g/mol. The van der Waals surface area contributed by atoms with Gasteiger partial charge in [-0.05, 0) is 84.2 Å². The van der Waals surface area contributed by atoms with Gasteiger partial charge in [0.1, 0.15) is 57.8 Å². The van der Waals surface area contributed by atoms with E-state index in [1.54, 1.807) is 0 Å². The molecule has 2 atom stereocenters. The summed E-state index contributed by atoms with van der Waals surface area (Å²) in [4.78, 5) is 28.5. The standard InChI is InChI=1S/C56H82O12Si2/c1-29(2)65-45-27-43(57)49(41-25-37-23-39(67-55(59)47(37)53(61-17)51(41)45)19-21-63-69(31(5)6,32(7)8)33(9)10)50-42-26-38-24-40(20-22-64-70(34(11)12,35(13)14)36(15)16)68-56(60)48(38)54(62-18)52(42)46(28-44(50)58)66-30(3)4/h25-36,39-40,57-58H,19-24H2,1-18H3/t39-,40-/m1/s1. The Morgan fingerprint density at radius 2 is 0.829 bits per heavy atom. The number of phenolic OH excluding ortho intramolecular Hbond substituents is 2. The van der Waals surface area contributed by atoms with Gasteiger partial charge in [0.05, 0.1) is 37.2 Å². The molecule has 70 heavy (non-hydrogen) atoms. The summed E-state index contributed by atoms with van der Waals surface area (Å²) in [6, 6.07) is 6.77. The predicted molar refractivity (Wildman–Crippen MR) is 284 cm³/mol. The van der Waals surface area contributed by atoms with Crippen LogP contribution in [0.3, 0.4) is 0 Å².